The fraction of sp³-hybridized carbons (Fsp3) is 0.462. The minimum Gasteiger partial charge on any atom is -1.00 e. The molecule has 0 amide bonds. The van der Waals surface area contributed by atoms with Gasteiger partial charge in [-0.05, 0) is 12.0 Å². The largest absolute Gasteiger partial charge is 2.00 e. The van der Waals surface area contributed by atoms with E-state index in [0.29, 0.717) is 0 Å². The van der Waals surface area contributed by atoms with Crippen LogP contribution >= 0.6 is 0 Å². The summed E-state index contributed by atoms with van der Waals surface area (Å²) in [4.78, 5) is 0. The number of hydrogen-bond acceptors (Lipinski definition) is 1. The van der Waals surface area contributed by atoms with Gasteiger partial charge in [-0.1, -0.05) is 43.2 Å². The first-order chi connectivity index (χ1) is 6.93. The fourth-order valence-corrected chi connectivity index (χ4v) is 1.32. The summed E-state index contributed by atoms with van der Waals surface area (Å²) in [5.74, 6) is 0. The number of rotatable bonds is 7. The molecule has 0 N–H and O–H groups in total. The van der Waals surface area contributed by atoms with Crippen LogP contribution in [0, 0.1) is 6.92 Å². The third-order valence-corrected chi connectivity index (χ3v) is 2.15. The normalized spacial score (nSPS) is 9.06. The number of benzene rings is 1. The first kappa shape index (κ1) is 18.6. The van der Waals surface area contributed by atoms with Gasteiger partial charge in [-0.3, -0.25) is 0 Å². The van der Waals surface area contributed by atoms with Gasteiger partial charge < -0.3 is 24.1 Å². The molecule has 0 aliphatic carbocycles. The number of unbranched alkanes of at least 4 members (excludes halogenated alkanes) is 3. The summed E-state index contributed by atoms with van der Waals surface area (Å²) in [7, 11) is 0. The van der Waals surface area contributed by atoms with Gasteiger partial charge in [-0.2, -0.15) is 6.42 Å². The molecule has 0 aliphatic rings. The number of hydrogen-bond donors (Lipinski definition) is 0. The second-order valence-electron chi connectivity index (χ2n) is 3.45. The Balaban J connectivity index is 0. The van der Waals surface area contributed by atoms with E-state index in [1.54, 1.807) is 0 Å². The second kappa shape index (κ2) is 13.3. The van der Waals surface area contributed by atoms with E-state index in [0.717, 1.165) is 26.1 Å². The monoisotopic (exact) mass is 250 g/mol. The molecule has 0 atom stereocenters. The molecule has 0 aromatic heterocycles. The van der Waals surface area contributed by atoms with Crippen molar-refractivity contribution in [2.24, 2.45) is 0 Å². The fourth-order valence-electron chi connectivity index (χ4n) is 1.32. The molecule has 0 fully saturated rings. The van der Waals surface area contributed by atoms with Crippen LogP contribution in [0.2, 0.25) is 0 Å². The van der Waals surface area contributed by atoms with Crippen LogP contribution < -0.4 is 12.4 Å². The maximum absolute atomic E-state index is 5.55. The standard InChI is InChI=1S/C13H19O.ClH.Mg/c1-2-3-4-8-11-14-12-13-9-6-5-7-10-13;;/h5-7,9-10H,1-4,8,11-12H2;1H;/q-1;;+2/p-1. The van der Waals surface area contributed by atoms with E-state index in [1.165, 1.54) is 18.4 Å². The molecule has 0 spiro atoms. The Labute approximate surface area is 122 Å². The van der Waals surface area contributed by atoms with Gasteiger partial charge in [0.15, 0.2) is 0 Å². The maximum Gasteiger partial charge on any atom is 2.00 e. The van der Waals surface area contributed by atoms with E-state index in [-0.39, 0.29) is 35.5 Å². The zero-order valence-corrected chi connectivity index (χ0v) is 12.0. The second-order valence-corrected chi connectivity index (χ2v) is 3.45. The molecular weight excluding hydrogens is 232 g/mol. The molecular formula is C13H19ClMgO. The topological polar surface area (TPSA) is 9.23 Å². The summed E-state index contributed by atoms with van der Waals surface area (Å²) in [5.41, 5.74) is 1.25. The Morgan fingerprint density at radius 1 is 1.00 bits per heavy atom. The Bertz CT molecular complexity index is 229. The summed E-state index contributed by atoms with van der Waals surface area (Å²) in [5, 5.41) is 0. The predicted octanol–water partition coefficient (Wildman–Crippen LogP) is 0.221. The van der Waals surface area contributed by atoms with E-state index < -0.39 is 0 Å². The third kappa shape index (κ3) is 9.46. The number of halogens is 1. The van der Waals surface area contributed by atoms with Crippen molar-refractivity contribution in [3.05, 3.63) is 42.8 Å². The van der Waals surface area contributed by atoms with Gasteiger partial charge in [0.05, 0.1) is 6.61 Å². The van der Waals surface area contributed by atoms with Crippen molar-refractivity contribution in [3.8, 4) is 0 Å². The van der Waals surface area contributed by atoms with Crippen LogP contribution in [-0.4, -0.2) is 29.7 Å². The smallest absolute Gasteiger partial charge is 1.00 e. The van der Waals surface area contributed by atoms with Crippen LogP contribution in [0.4, 0.5) is 0 Å². The maximum atomic E-state index is 5.55. The molecule has 0 saturated carbocycles. The Hall–Kier alpha value is 0.236. The minimum atomic E-state index is 0. The Morgan fingerprint density at radius 2 is 1.69 bits per heavy atom. The van der Waals surface area contributed by atoms with Crippen molar-refractivity contribution in [1.82, 2.24) is 0 Å². The molecule has 0 heterocycles. The quantitative estimate of drug-likeness (QED) is 0.382. The van der Waals surface area contributed by atoms with Gasteiger partial charge in [0.1, 0.15) is 0 Å². The molecule has 3 heteroatoms. The predicted molar refractivity (Wildman–Crippen MR) is 65.7 cm³/mol. The van der Waals surface area contributed by atoms with Gasteiger partial charge in [0, 0.05) is 6.61 Å². The van der Waals surface area contributed by atoms with Crippen molar-refractivity contribution in [2.45, 2.75) is 32.3 Å². The van der Waals surface area contributed by atoms with Gasteiger partial charge >= 0.3 is 23.1 Å². The van der Waals surface area contributed by atoms with Crippen molar-refractivity contribution in [3.63, 3.8) is 0 Å². The van der Waals surface area contributed by atoms with E-state index in [4.69, 9.17) is 4.74 Å². The van der Waals surface area contributed by atoms with Crippen LogP contribution in [0.1, 0.15) is 31.2 Å². The molecule has 1 rings (SSSR count). The zero-order chi connectivity index (χ0) is 10.1. The van der Waals surface area contributed by atoms with E-state index in [9.17, 15) is 0 Å². The SMILES string of the molecule is [CH2-]CCCCCOCc1ccccc1.[Cl-].[Mg+2]. The first-order valence-electron chi connectivity index (χ1n) is 5.34. The summed E-state index contributed by atoms with van der Waals surface area (Å²) >= 11 is 0. The van der Waals surface area contributed by atoms with Crippen molar-refractivity contribution in [2.75, 3.05) is 6.61 Å². The van der Waals surface area contributed by atoms with E-state index in [1.807, 2.05) is 18.2 Å². The molecule has 0 unspecified atom stereocenters. The molecule has 0 radical (unpaired) electrons. The van der Waals surface area contributed by atoms with Crippen LogP contribution in [0.5, 0.6) is 0 Å². The summed E-state index contributed by atoms with van der Waals surface area (Å²) in [6.07, 6.45) is 4.65. The molecule has 1 aromatic carbocycles. The average molecular weight is 251 g/mol. The van der Waals surface area contributed by atoms with Crippen LogP contribution in [0.25, 0.3) is 0 Å². The molecule has 0 bridgehead atoms. The van der Waals surface area contributed by atoms with Gasteiger partial charge in [-0.25, -0.2) is 0 Å². The Morgan fingerprint density at radius 3 is 2.31 bits per heavy atom. The summed E-state index contributed by atoms with van der Waals surface area (Å²) in [6.45, 7) is 5.42. The van der Waals surface area contributed by atoms with Gasteiger partial charge in [-0.15, -0.1) is 0 Å². The van der Waals surface area contributed by atoms with Crippen molar-refractivity contribution >= 4 is 23.1 Å². The minimum absolute atomic E-state index is 0. The van der Waals surface area contributed by atoms with Crippen molar-refractivity contribution in [1.29, 1.82) is 0 Å². The van der Waals surface area contributed by atoms with Crippen LogP contribution in [0.3, 0.4) is 0 Å². The molecule has 0 saturated heterocycles. The summed E-state index contributed by atoms with van der Waals surface area (Å²) < 4.78 is 5.55. The van der Waals surface area contributed by atoms with Crippen LogP contribution in [-0.2, 0) is 11.3 Å². The van der Waals surface area contributed by atoms with E-state index in [2.05, 4.69) is 19.1 Å². The molecule has 86 valence electrons. The number of ether oxygens (including phenoxy) is 1. The third-order valence-electron chi connectivity index (χ3n) is 2.15. The summed E-state index contributed by atoms with van der Waals surface area (Å²) in [6, 6.07) is 10.3. The average Bonchev–Trinajstić information content (AvgIpc) is 2.25. The molecule has 1 aromatic rings. The van der Waals surface area contributed by atoms with Gasteiger partial charge in [0.2, 0.25) is 0 Å². The zero-order valence-electron chi connectivity index (χ0n) is 9.83. The van der Waals surface area contributed by atoms with Crippen molar-refractivity contribution < 1.29 is 17.1 Å². The Kier molecular flexibility index (Phi) is 15.5. The molecule has 0 aliphatic heterocycles. The molecule has 1 nitrogen and oxygen atoms in total. The van der Waals surface area contributed by atoms with E-state index >= 15 is 0 Å². The molecule has 16 heavy (non-hydrogen) atoms. The first-order valence-corrected chi connectivity index (χ1v) is 5.34. The van der Waals surface area contributed by atoms with Crippen LogP contribution in [0.15, 0.2) is 30.3 Å². The van der Waals surface area contributed by atoms with Gasteiger partial charge in [0.25, 0.3) is 0 Å².